The Morgan fingerprint density at radius 2 is 1.45 bits per heavy atom. The van der Waals surface area contributed by atoms with Crippen LogP contribution in [0, 0.1) is 0 Å². The monoisotopic (exact) mass is 408 g/mol. The van der Waals surface area contributed by atoms with Gasteiger partial charge in [-0.15, -0.1) is 0 Å². The highest BCUT2D eigenvalue weighted by atomic mass is 16.5. The lowest BCUT2D eigenvalue weighted by Gasteiger charge is -2.35. The molecule has 0 spiro atoms. The maximum atomic E-state index is 5.53. The molecule has 5 rings (SSSR count). The normalized spacial score (nSPS) is 14.1. The van der Waals surface area contributed by atoms with Crippen molar-refractivity contribution in [3.8, 4) is 22.8 Å². The molecule has 0 bridgehead atoms. The molecule has 0 radical (unpaired) electrons. The van der Waals surface area contributed by atoms with Crippen LogP contribution in [0.25, 0.3) is 17.3 Å². The number of hydrogen-bond donors (Lipinski definition) is 1. The Balaban J connectivity index is 1.67. The van der Waals surface area contributed by atoms with Crippen molar-refractivity contribution in [2.75, 3.05) is 14.2 Å². The minimum atomic E-state index is -0.365. The number of methoxy groups -OCH3 is 2. The summed E-state index contributed by atoms with van der Waals surface area (Å²) in [5, 5.41) is 7.98. The van der Waals surface area contributed by atoms with Crippen LogP contribution in [0.5, 0.6) is 11.5 Å². The lowest BCUT2D eigenvalue weighted by atomic mass is 9.68. The van der Waals surface area contributed by atoms with Crippen molar-refractivity contribution >= 4 is 6.08 Å². The van der Waals surface area contributed by atoms with Gasteiger partial charge in [-0.2, -0.15) is 5.10 Å². The van der Waals surface area contributed by atoms with Crippen molar-refractivity contribution in [3.05, 3.63) is 107 Å². The van der Waals surface area contributed by atoms with Gasteiger partial charge in [0.1, 0.15) is 11.5 Å². The molecule has 1 N–H and O–H groups in total. The Kier molecular flexibility index (Phi) is 4.83. The van der Waals surface area contributed by atoms with Gasteiger partial charge < -0.3 is 9.47 Å². The van der Waals surface area contributed by atoms with Crippen LogP contribution in [0.2, 0.25) is 0 Å². The molecule has 31 heavy (non-hydrogen) atoms. The summed E-state index contributed by atoms with van der Waals surface area (Å²) in [6.45, 7) is 0. The minimum absolute atomic E-state index is 0.365. The quantitative estimate of drug-likeness (QED) is 0.464. The fourth-order valence-electron chi connectivity index (χ4n) is 4.44. The first-order chi connectivity index (χ1) is 15.2. The second-order valence-corrected chi connectivity index (χ2v) is 7.78. The summed E-state index contributed by atoms with van der Waals surface area (Å²) in [5.41, 5.74) is 6.32. The van der Waals surface area contributed by atoms with Gasteiger partial charge >= 0.3 is 0 Å². The first-order valence-electron chi connectivity index (χ1n) is 10.3. The Bertz CT molecular complexity index is 1190. The molecule has 0 fully saturated rings. The van der Waals surface area contributed by atoms with Crippen LogP contribution in [-0.4, -0.2) is 24.4 Å². The van der Waals surface area contributed by atoms with E-state index in [9.17, 15) is 0 Å². The lowest BCUT2D eigenvalue weighted by Crippen LogP contribution is -2.30. The maximum Gasteiger partial charge on any atom is 0.119 e. The van der Waals surface area contributed by atoms with E-state index in [2.05, 4.69) is 58.7 Å². The van der Waals surface area contributed by atoms with E-state index < -0.39 is 0 Å². The molecule has 4 nitrogen and oxygen atoms in total. The van der Waals surface area contributed by atoms with E-state index >= 15 is 0 Å². The molecule has 1 aliphatic carbocycles. The summed E-state index contributed by atoms with van der Waals surface area (Å²) in [7, 11) is 3.40. The van der Waals surface area contributed by atoms with Crippen molar-refractivity contribution in [2.45, 2.75) is 11.8 Å². The number of benzene rings is 3. The third-order valence-corrected chi connectivity index (χ3v) is 6.09. The molecule has 1 heterocycles. The van der Waals surface area contributed by atoms with E-state index in [0.717, 1.165) is 51.6 Å². The summed E-state index contributed by atoms with van der Waals surface area (Å²) >= 11 is 0. The fraction of sp³-hybridized carbons (Fsp3) is 0.148. The highest BCUT2D eigenvalue weighted by molar-refractivity contribution is 5.76. The van der Waals surface area contributed by atoms with Gasteiger partial charge in [-0.3, -0.25) is 5.10 Å². The standard InChI is InChI=1S/C27H24N2O2/c1-30-22-12-6-10-20(16-22)27(21-11-7-13-23(17-21)31-2)15-14-24-25(18-27)28-29-26(24)19-8-4-3-5-9-19/h3-17H,18H2,1-2H3,(H,28,29). The molecule has 0 saturated heterocycles. The van der Waals surface area contributed by atoms with Crippen molar-refractivity contribution in [2.24, 2.45) is 0 Å². The molecule has 1 aromatic heterocycles. The summed E-state index contributed by atoms with van der Waals surface area (Å²) < 4.78 is 11.1. The number of fused-ring (bicyclic) bond motifs is 1. The highest BCUT2D eigenvalue weighted by Crippen LogP contribution is 2.44. The molecular weight excluding hydrogens is 384 g/mol. The Hall–Kier alpha value is -3.79. The average molecular weight is 409 g/mol. The van der Waals surface area contributed by atoms with Crippen LogP contribution in [0.4, 0.5) is 0 Å². The Labute approximate surface area is 182 Å². The predicted molar refractivity (Wildman–Crippen MR) is 124 cm³/mol. The molecule has 0 atom stereocenters. The number of aromatic nitrogens is 2. The summed E-state index contributed by atoms with van der Waals surface area (Å²) in [4.78, 5) is 0. The van der Waals surface area contributed by atoms with Crippen LogP contribution in [0.15, 0.2) is 84.9 Å². The summed E-state index contributed by atoms with van der Waals surface area (Å²) in [6.07, 6.45) is 5.25. The van der Waals surface area contributed by atoms with E-state index in [1.54, 1.807) is 14.2 Å². The third kappa shape index (κ3) is 3.30. The number of hydrogen-bond acceptors (Lipinski definition) is 3. The zero-order valence-corrected chi connectivity index (χ0v) is 17.6. The van der Waals surface area contributed by atoms with Gasteiger partial charge in [-0.25, -0.2) is 0 Å². The smallest absolute Gasteiger partial charge is 0.119 e. The second kappa shape index (κ2) is 7.80. The van der Waals surface area contributed by atoms with Crippen LogP contribution in [0.3, 0.4) is 0 Å². The number of nitrogens with one attached hydrogen (secondary N) is 1. The number of ether oxygens (including phenoxy) is 2. The topological polar surface area (TPSA) is 47.1 Å². The molecule has 0 aliphatic heterocycles. The van der Waals surface area contributed by atoms with Crippen LogP contribution >= 0.6 is 0 Å². The van der Waals surface area contributed by atoms with Gasteiger partial charge in [0.25, 0.3) is 0 Å². The van der Waals surface area contributed by atoms with E-state index in [4.69, 9.17) is 9.47 Å². The molecule has 0 saturated carbocycles. The van der Waals surface area contributed by atoms with E-state index in [-0.39, 0.29) is 5.41 Å². The van der Waals surface area contributed by atoms with E-state index in [1.165, 1.54) is 0 Å². The first-order valence-corrected chi connectivity index (χ1v) is 10.3. The van der Waals surface area contributed by atoms with E-state index in [0.29, 0.717) is 0 Å². The minimum Gasteiger partial charge on any atom is -0.497 e. The average Bonchev–Trinajstić information content (AvgIpc) is 3.27. The number of aromatic amines is 1. The zero-order chi connectivity index (χ0) is 21.3. The number of H-pyrrole nitrogens is 1. The van der Waals surface area contributed by atoms with Crippen LogP contribution in [0.1, 0.15) is 22.4 Å². The number of allylic oxidation sites excluding steroid dienone is 1. The van der Waals surface area contributed by atoms with Crippen molar-refractivity contribution in [1.29, 1.82) is 0 Å². The molecular formula is C27H24N2O2. The van der Waals surface area contributed by atoms with Gasteiger partial charge in [-0.05, 0) is 35.4 Å². The van der Waals surface area contributed by atoms with Gasteiger partial charge in [0.2, 0.25) is 0 Å². The first kappa shape index (κ1) is 19.2. The number of nitrogens with zero attached hydrogens (tertiary/aromatic N) is 1. The predicted octanol–water partition coefficient (Wildman–Crippen LogP) is 5.65. The van der Waals surface area contributed by atoms with E-state index in [1.807, 2.05) is 42.5 Å². The molecule has 3 aromatic carbocycles. The van der Waals surface area contributed by atoms with Crippen molar-refractivity contribution in [3.63, 3.8) is 0 Å². The number of rotatable bonds is 5. The SMILES string of the molecule is COc1cccc(C2(c3cccc(OC)c3)C=Cc3c(-c4ccccc4)n[nH]c3C2)c1. The molecule has 1 aliphatic rings. The van der Waals surface area contributed by atoms with Crippen LogP contribution < -0.4 is 9.47 Å². The second-order valence-electron chi connectivity index (χ2n) is 7.78. The molecule has 4 aromatic rings. The van der Waals surface area contributed by atoms with Crippen molar-refractivity contribution in [1.82, 2.24) is 10.2 Å². The lowest BCUT2D eigenvalue weighted by molar-refractivity contribution is 0.411. The Morgan fingerprint density at radius 1 is 0.806 bits per heavy atom. The summed E-state index contributed by atoms with van der Waals surface area (Å²) in [6, 6.07) is 26.9. The largest absolute Gasteiger partial charge is 0.497 e. The van der Waals surface area contributed by atoms with Crippen molar-refractivity contribution < 1.29 is 9.47 Å². The molecule has 4 heteroatoms. The maximum absolute atomic E-state index is 5.53. The van der Waals surface area contributed by atoms with Gasteiger partial charge in [0.05, 0.1) is 19.9 Å². The van der Waals surface area contributed by atoms with Gasteiger partial charge in [0.15, 0.2) is 0 Å². The summed E-state index contributed by atoms with van der Waals surface area (Å²) in [5.74, 6) is 1.68. The van der Waals surface area contributed by atoms with Gasteiger partial charge in [-0.1, -0.05) is 66.7 Å². The van der Waals surface area contributed by atoms with Gasteiger partial charge in [0, 0.05) is 28.7 Å². The van der Waals surface area contributed by atoms with Crippen LogP contribution in [-0.2, 0) is 11.8 Å². The fourth-order valence-corrected chi connectivity index (χ4v) is 4.44. The molecule has 0 amide bonds. The Morgan fingerprint density at radius 3 is 2.06 bits per heavy atom. The highest BCUT2D eigenvalue weighted by Gasteiger charge is 2.37. The zero-order valence-electron chi connectivity index (χ0n) is 17.6. The third-order valence-electron chi connectivity index (χ3n) is 6.09. The molecule has 154 valence electrons. The molecule has 0 unspecified atom stereocenters.